The molecule has 0 aromatic heterocycles. The number of hydrogen-bond donors (Lipinski definition) is 2. The molecule has 0 unspecified atom stereocenters. The Morgan fingerprint density at radius 1 is 1.38 bits per heavy atom. The van der Waals surface area contributed by atoms with Crippen LogP contribution in [0.4, 0.5) is 4.39 Å². The van der Waals surface area contributed by atoms with E-state index in [2.05, 4.69) is 10.0 Å². The lowest BCUT2D eigenvalue weighted by Crippen LogP contribution is -2.29. The fourth-order valence-electron chi connectivity index (χ4n) is 1.90. The Hall–Kier alpha value is -0.690. The number of rotatable bonds is 7. The molecule has 0 amide bonds. The van der Waals surface area contributed by atoms with Gasteiger partial charge in [-0.15, -0.1) is 0 Å². The summed E-state index contributed by atoms with van der Waals surface area (Å²) in [6.45, 7) is 5.32. The second-order valence-corrected chi connectivity index (χ2v) is 7.94. The minimum atomic E-state index is -3.72. The maximum absolute atomic E-state index is 13.8. The second-order valence-electron chi connectivity index (χ2n) is 5.79. The lowest BCUT2D eigenvalue weighted by Gasteiger charge is -2.13. The highest BCUT2D eigenvalue weighted by atomic mass is 35.5. The molecular formula is C14H20ClFN2O2S. The highest BCUT2D eigenvalue weighted by Crippen LogP contribution is 2.44. The molecule has 0 radical (unpaired) electrons. The molecule has 2 N–H and O–H groups in total. The molecule has 0 saturated heterocycles. The van der Waals surface area contributed by atoms with Crippen molar-refractivity contribution in [2.75, 3.05) is 13.1 Å². The van der Waals surface area contributed by atoms with Crippen molar-refractivity contribution in [3.63, 3.8) is 0 Å². The third-order valence-corrected chi connectivity index (χ3v) is 5.55. The molecule has 1 aromatic rings. The molecule has 4 nitrogen and oxygen atoms in total. The van der Waals surface area contributed by atoms with E-state index in [0.717, 1.165) is 18.9 Å². The van der Waals surface area contributed by atoms with Gasteiger partial charge >= 0.3 is 0 Å². The molecule has 1 aliphatic rings. The van der Waals surface area contributed by atoms with E-state index in [4.69, 9.17) is 11.6 Å². The average molecular weight is 335 g/mol. The molecule has 1 saturated carbocycles. The zero-order chi connectivity index (χ0) is 15.7. The fraction of sp³-hybridized carbons (Fsp3) is 0.571. The minimum Gasteiger partial charge on any atom is -0.313 e. The predicted molar refractivity (Wildman–Crippen MR) is 81.3 cm³/mol. The summed E-state index contributed by atoms with van der Waals surface area (Å²) in [7, 11) is -3.72. The molecule has 1 aliphatic carbocycles. The van der Waals surface area contributed by atoms with E-state index >= 15 is 0 Å². The van der Waals surface area contributed by atoms with Crippen LogP contribution >= 0.6 is 11.6 Å². The number of halogens is 2. The zero-order valence-corrected chi connectivity index (χ0v) is 13.7. The summed E-state index contributed by atoms with van der Waals surface area (Å²) in [6.07, 6.45) is 2.02. The Kier molecular flexibility index (Phi) is 4.92. The van der Waals surface area contributed by atoms with Crippen molar-refractivity contribution >= 4 is 21.6 Å². The maximum Gasteiger partial charge on any atom is 0.240 e. The molecule has 1 aromatic carbocycles. The molecule has 21 heavy (non-hydrogen) atoms. The number of hydrogen-bond acceptors (Lipinski definition) is 3. The van der Waals surface area contributed by atoms with Gasteiger partial charge in [0.05, 0.1) is 9.92 Å². The lowest BCUT2D eigenvalue weighted by molar-refractivity contribution is 0.529. The van der Waals surface area contributed by atoms with E-state index in [9.17, 15) is 12.8 Å². The van der Waals surface area contributed by atoms with Gasteiger partial charge in [-0.3, -0.25) is 0 Å². The lowest BCUT2D eigenvalue weighted by atomic mass is 10.2. The molecule has 0 aliphatic heterocycles. The third-order valence-electron chi connectivity index (χ3n) is 3.75. The highest BCUT2D eigenvalue weighted by molar-refractivity contribution is 7.89. The van der Waals surface area contributed by atoms with Crippen molar-refractivity contribution in [2.45, 2.75) is 38.1 Å². The first-order chi connectivity index (χ1) is 9.77. The first-order valence-electron chi connectivity index (χ1n) is 6.96. The SMILES string of the molecule is CCNCc1cc(S(=O)(=O)NCC2(C)CC2)cc(F)c1Cl. The zero-order valence-electron chi connectivity index (χ0n) is 12.2. The molecule has 0 spiro atoms. The standard InChI is InChI=1S/C14H20ClFN2O2S/c1-3-17-8-10-6-11(7-12(16)13(10)15)21(19,20)18-9-14(2)4-5-14/h6-7,17-18H,3-5,8-9H2,1-2H3. The van der Waals surface area contributed by atoms with Crippen LogP contribution in [0, 0.1) is 11.2 Å². The summed E-state index contributed by atoms with van der Waals surface area (Å²) in [5, 5.41) is 2.97. The van der Waals surface area contributed by atoms with Gasteiger partial charge in [-0.1, -0.05) is 25.4 Å². The summed E-state index contributed by atoms with van der Waals surface area (Å²) >= 11 is 5.88. The molecule has 118 valence electrons. The van der Waals surface area contributed by atoms with Crippen LogP contribution in [0.25, 0.3) is 0 Å². The van der Waals surface area contributed by atoms with E-state index in [-0.39, 0.29) is 15.3 Å². The van der Waals surface area contributed by atoms with Crippen LogP contribution in [0.3, 0.4) is 0 Å². The Balaban J connectivity index is 2.23. The average Bonchev–Trinajstić information content (AvgIpc) is 3.17. The van der Waals surface area contributed by atoms with Crippen molar-refractivity contribution in [2.24, 2.45) is 5.41 Å². The summed E-state index contributed by atoms with van der Waals surface area (Å²) in [5.74, 6) is -0.718. The second kappa shape index (κ2) is 6.20. The Morgan fingerprint density at radius 2 is 2.05 bits per heavy atom. The van der Waals surface area contributed by atoms with Crippen LogP contribution in [-0.2, 0) is 16.6 Å². The van der Waals surface area contributed by atoms with Crippen molar-refractivity contribution in [1.29, 1.82) is 0 Å². The number of nitrogens with one attached hydrogen (secondary N) is 2. The largest absolute Gasteiger partial charge is 0.313 e. The normalized spacial score (nSPS) is 17.0. The van der Waals surface area contributed by atoms with E-state index < -0.39 is 15.8 Å². The maximum atomic E-state index is 13.8. The third kappa shape index (κ3) is 4.16. The predicted octanol–water partition coefficient (Wildman–Crippen LogP) is 2.67. The molecule has 0 heterocycles. The van der Waals surface area contributed by atoms with Crippen LogP contribution in [0.15, 0.2) is 17.0 Å². The van der Waals surface area contributed by atoms with Crippen molar-refractivity contribution < 1.29 is 12.8 Å². The van der Waals surface area contributed by atoms with Gasteiger partial charge in [-0.2, -0.15) is 0 Å². The number of benzene rings is 1. The number of sulfonamides is 1. The molecule has 1 fully saturated rings. The van der Waals surface area contributed by atoms with Crippen molar-refractivity contribution in [3.05, 3.63) is 28.5 Å². The Morgan fingerprint density at radius 3 is 2.62 bits per heavy atom. The van der Waals surface area contributed by atoms with Gasteiger partial charge < -0.3 is 5.32 Å². The molecular weight excluding hydrogens is 315 g/mol. The summed E-state index contributed by atoms with van der Waals surface area (Å²) < 4.78 is 40.9. The van der Waals surface area contributed by atoms with E-state index in [1.807, 2.05) is 13.8 Å². The van der Waals surface area contributed by atoms with Crippen LogP contribution in [0.1, 0.15) is 32.3 Å². The summed E-state index contributed by atoms with van der Waals surface area (Å²) in [6, 6.07) is 2.39. The monoisotopic (exact) mass is 334 g/mol. The van der Waals surface area contributed by atoms with Gasteiger partial charge in [-0.05, 0) is 42.5 Å². The topological polar surface area (TPSA) is 58.2 Å². The quantitative estimate of drug-likeness (QED) is 0.806. The Labute approximate surface area is 130 Å². The van der Waals surface area contributed by atoms with E-state index in [1.54, 1.807) is 0 Å². The summed E-state index contributed by atoms with van der Waals surface area (Å²) in [4.78, 5) is -0.0819. The molecule has 0 bridgehead atoms. The van der Waals surface area contributed by atoms with E-state index in [1.165, 1.54) is 6.07 Å². The highest BCUT2D eigenvalue weighted by Gasteiger charge is 2.38. The van der Waals surface area contributed by atoms with Crippen LogP contribution in [0.2, 0.25) is 5.02 Å². The minimum absolute atomic E-state index is 0.0379. The van der Waals surface area contributed by atoms with Gasteiger partial charge in [-0.25, -0.2) is 17.5 Å². The van der Waals surface area contributed by atoms with Gasteiger partial charge in [0.1, 0.15) is 5.82 Å². The van der Waals surface area contributed by atoms with Gasteiger partial charge in [0.15, 0.2) is 0 Å². The Bertz CT molecular complexity index is 630. The molecule has 0 atom stereocenters. The first kappa shape index (κ1) is 16.7. The van der Waals surface area contributed by atoms with E-state index in [0.29, 0.717) is 25.2 Å². The summed E-state index contributed by atoms with van der Waals surface area (Å²) in [5.41, 5.74) is 0.487. The van der Waals surface area contributed by atoms with Crippen molar-refractivity contribution in [3.8, 4) is 0 Å². The fourth-order valence-corrected chi connectivity index (χ4v) is 3.34. The van der Waals surface area contributed by atoms with Crippen LogP contribution in [-0.4, -0.2) is 21.5 Å². The molecule has 2 rings (SSSR count). The van der Waals surface area contributed by atoms with Crippen LogP contribution in [0.5, 0.6) is 0 Å². The first-order valence-corrected chi connectivity index (χ1v) is 8.82. The van der Waals surface area contributed by atoms with Crippen molar-refractivity contribution in [1.82, 2.24) is 10.0 Å². The molecule has 7 heteroatoms. The van der Waals surface area contributed by atoms with Crippen LogP contribution < -0.4 is 10.0 Å². The van der Waals surface area contributed by atoms with Gasteiger partial charge in [0.2, 0.25) is 10.0 Å². The smallest absolute Gasteiger partial charge is 0.240 e. The van der Waals surface area contributed by atoms with Gasteiger partial charge in [0.25, 0.3) is 0 Å². The van der Waals surface area contributed by atoms with Gasteiger partial charge in [0, 0.05) is 13.1 Å².